The Hall–Kier alpha value is -3.52. The number of hydrogen-bond acceptors (Lipinski definition) is 7. The van der Waals surface area contributed by atoms with Crippen LogP contribution in [-0.2, 0) is 4.74 Å². The summed E-state index contributed by atoms with van der Waals surface area (Å²) < 4.78 is 11.2. The van der Waals surface area contributed by atoms with E-state index in [0.29, 0.717) is 17.9 Å². The monoisotopic (exact) mass is 468 g/mol. The minimum Gasteiger partial charge on any atom is -0.497 e. The van der Waals surface area contributed by atoms with Gasteiger partial charge < -0.3 is 19.3 Å². The largest absolute Gasteiger partial charge is 0.497 e. The third-order valence-corrected chi connectivity index (χ3v) is 6.07. The summed E-state index contributed by atoms with van der Waals surface area (Å²) in [6, 6.07) is 14.6. The molecule has 1 aromatic heterocycles. The fraction of sp³-hybridized carbons (Fsp3) is 0.292. The Kier molecular flexibility index (Phi) is 6.84. The third-order valence-electron chi connectivity index (χ3n) is 5.71. The maximum atomic E-state index is 13.1. The molecule has 33 heavy (non-hydrogen) atoms. The van der Waals surface area contributed by atoms with Gasteiger partial charge in [-0.05, 0) is 42.8 Å². The van der Waals surface area contributed by atoms with Crippen molar-refractivity contribution < 1.29 is 14.3 Å². The molecule has 0 radical (unpaired) electrons. The highest BCUT2D eigenvalue weighted by Crippen LogP contribution is 2.26. The first-order chi connectivity index (χ1) is 16.0. The Morgan fingerprint density at radius 2 is 1.64 bits per heavy atom. The summed E-state index contributed by atoms with van der Waals surface area (Å²) in [4.78, 5) is 29.6. The first-order valence-electron chi connectivity index (χ1n) is 10.6. The number of hydrogen-bond donors (Lipinski definition) is 0. The SMILES string of the molecule is COC(=O)c1ccccc1-n1ncc(N2CCCN(c3ccc(OC)cc3)CC2)c(Cl)c1=O. The fourth-order valence-corrected chi connectivity index (χ4v) is 4.22. The van der Waals surface area contributed by atoms with Crippen molar-refractivity contribution in [2.45, 2.75) is 6.42 Å². The van der Waals surface area contributed by atoms with Crippen LogP contribution in [-0.4, -0.2) is 56.1 Å². The van der Waals surface area contributed by atoms with Gasteiger partial charge in [-0.15, -0.1) is 0 Å². The molecule has 1 fully saturated rings. The number of carbonyl (C=O) groups is 1. The van der Waals surface area contributed by atoms with Crippen molar-refractivity contribution in [3.63, 3.8) is 0 Å². The first-order valence-corrected chi connectivity index (χ1v) is 11.0. The van der Waals surface area contributed by atoms with Gasteiger partial charge in [0.25, 0.3) is 5.56 Å². The van der Waals surface area contributed by atoms with Crippen molar-refractivity contribution in [2.24, 2.45) is 0 Å². The molecular weight excluding hydrogens is 444 g/mol. The predicted molar refractivity (Wildman–Crippen MR) is 128 cm³/mol. The lowest BCUT2D eigenvalue weighted by molar-refractivity contribution is 0.0600. The predicted octanol–water partition coefficient (Wildman–Crippen LogP) is 3.40. The maximum absolute atomic E-state index is 13.1. The molecule has 0 aliphatic carbocycles. The first kappa shape index (κ1) is 22.7. The number of carbonyl (C=O) groups excluding carboxylic acids is 1. The minimum absolute atomic E-state index is 0.0718. The van der Waals surface area contributed by atoms with Gasteiger partial charge in [0.15, 0.2) is 0 Å². The van der Waals surface area contributed by atoms with Gasteiger partial charge in [-0.25, -0.2) is 4.79 Å². The number of halogens is 1. The van der Waals surface area contributed by atoms with E-state index in [2.05, 4.69) is 14.9 Å². The van der Waals surface area contributed by atoms with Crippen LogP contribution in [0, 0.1) is 0 Å². The average molecular weight is 469 g/mol. The highest BCUT2D eigenvalue weighted by atomic mass is 35.5. The van der Waals surface area contributed by atoms with E-state index in [-0.39, 0.29) is 10.6 Å². The van der Waals surface area contributed by atoms with Crippen molar-refractivity contribution in [3.8, 4) is 11.4 Å². The Morgan fingerprint density at radius 3 is 2.36 bits per heavy atom. The van der Waals surface area contributed by atoms with Crippen molar-refractivity contribution in [3.05, 3.63) is 75.7 Å². The second-order valence-electron chi connectivity index (χ2n) is 7.60. The van der Waals surface area contributed by atoms with E-state index in [9.17, 15) is 9.59 Å². The van der Waals surface area contributed by atoms with Crippen molar-refractivity contribution in [2.75, 3.05) is 50.2 Å². The van der Waals surface area contributed by atoms with Gasteiger partial charge in [0, 0.05) is 31.9 Å². The molecule has 2 aromatic carbocycles. The van der Waals surface area contributed by atoms with Gasteiger partial charge >= 0.3 is 5.97 Å². The lowest BCUT2D eigenvalue weighted by atomic mass is 10.2. The molecule has 3 aromatic rings. The molecule has 4 rings (SSSR count). The van der Waals surface area contributed by atoms with Crippen LogP contribution in [0.25, 0.3) is 5.69 Å². The summed E-state index contributed by atoms with van der Waals surface area (Å²) in [7, 11) is 2.94. The van der Waals surface area contributed by atoms with E-state index in [4.69, 9.17) is 21.1 Å². The van der Waals surface area contributed by atoms with E-state index in [1.807, 2.05) is 24.3 Å². The van der Waals surface area contributed by atoms with E-state index in [0.717, 1.165) is 42.2 Å². The van der Waals surface area contributed by atoms with Gasteiger partial charge in [0.05, 0.1) is 37.4 Å². The van der Waals surface area contributed by atoms with E-state index < -0.39 is 11.5 Å². The molecule has 0 amide bonds. The molecule has 0 N–H and O–H groups in total. The summed E-state index contributed by atoms with van der Waals surface area (Å²) in [6.45, 7) is 3.10. The fourth-order valence-electron chi connectivity index (χ4n) is 3.97. The molecule has 1 aliphatic heterocycles. The number of ether oxygens (including phenoxy) is 2. The highest BCUT2D eigenvalue weighted by molar-refractivity contribution is 6.33. The zero-order valence-electron chi connectivity index (χ0n) is 18.5. The minimum atomic E-state index is -0.550. The number of benzene rings is 2. The van der Waals surface area contributed by atoms with E-state index in [1.54, 1.807) is 37.6 Å². The smallest absolute Gasteiger partial charge is 0.340 e. The maximum Gasteiger partial charge on any atom is 0.340 e. The third kappa shape index (κ3) is 4.66. The quantitative estimate of drug-likeness (QED) is 0.531. The van der Waals surface area contributed by atoms with Crippen LogP contribution in [0.15, 0.2) is 59.5 Å². The van der Waals surface area contributed by atoms with Crippen LogP contribution < -0.4 is 20.1 Å². The standard InChI is InChI=1S/C24H25ClN4O4/c1-32-18-10-8-17(9-11-18)27-12-5-13-28(15-14-27)21-16-26-29(23(30)22(21)25)20-7-4-3-6-19(20)24(31)33-2/h3-4,6-11,16H,5,12-15H2,1-2H3. The van der Waals surface area contributed by atoms with Crippen LogP contribution in [0.1, 0.15) is 16.8 Å². The van der Waals surface area contributed by atoms with Gasteiger partial charge in [-0.1, -0.05) is 23.7 Å². The number of anilines is 2. The summed E-state index contributed by atoms with van der Waals surface area (Å²) in [5, 5.41) is 4.40. The van der Waals surface area contributed by atoms with Crippen LogP contribution in [0.4, 0.5) is 11.4 Å². The second-order valence-corrected chi connectivity index (χ2v) is 7.97. The Balaban J connectivity index is 1.58. The van der Waals surface area contributed by atoms with Crippen LogP contribution in [0.5, 0.6) is 5.75 Å². The number of aromatic nitrogens is 2. The van der Waals surface area contributed by atoms with Crippen LogP contribution in [0.2, 0.25) is 5.02 Å². The number of rotatable bonds is 5. The molecule has 0 saturated carbocycles. The van der Waals surface area contributed by atoms with Gasteiger partial charge in [0.2, 0.25) is 0 Å². The summed E-state index contributed by atoms with van der Waals surface area (Å²) in [6.07, 6.45) is 2.48. The van der Waals surface area contributed by atoms with Gasteiger partial charge in [-0.3, -0.25) is 4.79 Å². The molecule has 2 heterocycles. The Labute approximate surface area is 196 Å². The van der Waals surface area contributed by atoms with Gasteiger partial charge in [-0.2, -0.15) is 9.78 Å². The molecule has 0 atom stereocenters. The zero-order chi connectivity index (χ0) is 23.4. The molecule has 0 spiro atoms. The zero-order valence-corrected chi connectivity index (χ0v) is 19.3. The van der Waals surface area contributed by atoms with Crippen molar-refractivity contribution >= 4 is 28.9 Å². The average Bonchev–Trinajstić information content (AvgIpc) is 3.11. The molecule has 0 unspecified atom stereocenters. The summed E-state index contributed by atoms with van der Waals surface area (Å²) in [5.74, 6) is 0.271. The molecule has 9 heteroatoms. The molecular formula is C24H25ClN4O4. The molecule has 1 saturated heterocycles. The number of esters is 1. The molecule has 8 nitrogen and oxygen atoms in total. The Bertz CT molecular complexity index is 1200. The number of methoxy groups -OCH3 is 2. The lowest BCUT2D eigenvalue weighted by Gasteiger charge is -2.25. The lowest BCUT2D eigenvalue weighted by Crippen LogP contribution is -2.33. The molecule has 1 aliphatic rings. The highest BCUT2D eigenvalue weighted by Gasteiger charge is 2.22. The second kappa shape index (κ2) is 9.95. The summed E-state index contributed by atoms with van der Waals surface area (Å²) in [5.41, 5.74) is 1.79. The normalized spacial score (nSPS) is 14.0. The summed E-state index contributed by atoms with van der Waals surface area (Å²) >= 11 is 6.53. The van der Waals surface area contributed by atoms with Crippen molar-refractivity contribution in [1.82, 2.24) is 9.78 Å². The van der Waals surface area contributed by atoms with E-state index in [1.165, 1.54) is 7.11 Å². The number of nitrogens with zero attached hydrogens (tertiary/aromatic N) is 4. The van der Waals surface area contributed by atoms with Crippen LogP contribution in [0.3, 0.4) is 0 Å². The van der Waals surface area contributed by atoms with Crippen molar-refractivity contribution in [1.29, 1.82) is 0 Å². The molecule has 172 valence electrons. The molecule has 0 bridgehead atoms. The Morgan fingerprint density at radius 1 is 0.939 bits per heavy atom. The van der Waals surface area contributed by atoms with E-state index >= 15 is 0 Å². The topological polar surface area (TPSA) is 76.9 Å². The van der Waals surface area contributed by atoms with Crippen LogP contribution >= 0.6 is 11.6 Å². The number of para-hydroxylation sites is 1. The van der Waals surface area contributed by atoms with Gasteiger partial charge in [0.1, 0.15) is 10.8 Å².